The summed E-state index contributed by atoms with van der Waals surface area (Å²) in [5, 5.41) is 3.47. The number of anilines is 1. The van der Waals surface area contributed by atoms with Crippen LogP contribution < -0.4 is 5.32 Å². The van der Waals surface area contributed by atoms with Crippen molar-refractivity contribution in [3.63, 3.8) is 0 Å². The van der Waals surface area contributed by atoms with E-state index in [0.29, 0.717) is 11.8 Å². The maximum Gasteiger partial charge on any atom is 0.129 e. The Morgan fingerprint density at radius 3 is 2.79 bits per heavy atom. The quantitative estimate of drug-likeness (QED) is 0.804. The Hall–Kier alpha value is -0.830. The number of aromatic nitrogens is 2. The van der Waals surface area contributed by atoms with Crippen LogP contribution in [0.2, 0.25) is 0 Å². The fraction of sp³-hybridized carbons (Fsp3) is 0.733. The molecule has 0 aromatic carbocycles. The standard InChI is InChI=1S/C15H24ClN3/c1-2-5-14-8-15(19-11-18-14)17-10-13-7-4-3-6-12(13)9-16/h8,11-13H,2-7,9-10H2,1H3,(H,17,18,19). The van der Waals surface area contributed by atoms with E-state index in [0.717, 1.165) is 36.8 Å². The molecule has 1 aromatic rings. The molecule has 4 heteroatoms. The van der Waals surface area contributed by atoms with Crippen LogP contribution in [0.15, 0.2) is 12.4 Å². The number of hydrogen-bond donors (Lipinski definition) is 1. The van der Waals surface area contributed by atoms with E-state index in [9.17, 15) is 0 Å². The summed E-state index contributed by atoms with van der Waals surface area (Å²) in [6.07, 6.45) is 9.04. The normalized spacial score (nSPS) is 23.3. The molecule has 1 aromatic heterocycles. The molecule has 106 valence electrons. The van der Waals surface area contributed by atoms with Crippen LogP contribution in [0.4, 0.5) is 5.82 Å². The lowest BCUT2D eigenvalue weighted by Crippen LogP contribution is -2.27. The Balaban J connectivity index is 1.88. The summed E-state index contributed by atoms with van der Waals surface area (Å²) in [6, 6.07) is 2.07. The summed E-state index contributed by atoms with van der Waals surface area (Å²) >= 11 is 6.07. The van der Waals surface area contributed by atoms with E-state index in [1.54, 1.807) is 6.33 Å². The highest BCUT2D eigenvalue weighted by molar-refractivity contribution is 6.18. The third-order valence-electron chi connectivity index (χ3n) is 4.04. The molecule has 0 spiro atoms. The molecule has 1 N–H and O–H groups in total. The fourth-order valence-corrected chi connectivity index (χ4v) is 3.29. The van der Waals surface area contributed by atoms with Crippen LogP contribution in [0.3, 0.4) is 0 Å². The zero-order valence-corrected chi connectivity index (χ0v) is 12.5. The maximum atomic E-state index is 6.07. The van der Waals surface area contributed by atoms with Gasteiger partial charge in [0.2, 0.25) is 0 Å². The monoisotopic (exact) mass is 281 g/mol. The van der Waals surface area contributed by atoms with Gasteiger partial charge in [-0.1, -0.05) is 26.2 Å². The summed E-state index contributed by atoms with van der Waals surface area (Å²) in [6.45, 7) is 3.16. The third-order valence-corrected chi connectivity index (χ3v) is 4.44. The molecule has 0 amide bonds. The molecule has 2 atom stereocenters. The van der Waals surface area contributed by atoms with Crippen molar-refractivity contribution in [2.24, 2.45) is 11.8 Å². The van der Waals surface area contributed by atoms with Gasteiger partial charge in [-0.15, -0.1) is 11.6 Å². The van der Waals surface area contributed by atoms with Crippen molar-refractivity contribution in [3.8, 4) is 0 Å². The van der Waals surface area contributed by atoms with Gasteiger partial charge in [-0.2, -0.15) is 0 Å². The molecule has 0 aliphatic heterocycles. The Kier molecular flexibility index (Phi) is 5.90. The average Bonchev–Trinajstić information content (AvgIpc) is 2.46. The van der Waals surface area contributed by atoms with E-state index in [-0.39, 0.29) is 0 Å². The van der Waals surface area contributed by atoms with Gasteiger partial charge in [0.1, 0.15) is 12.1 Å². The van der Waals surface area contributed by atoms with E-state index < -0.39 is 0 Å². The highest BCUT2D eigenvalue weighted by atomic mass is 35.5. The molecule has 1 aliphatic rings. The van der Waals surface area contributed by atoms with E-state index in [1.165, 1.54) is 25.7 Å². The first-order valence-corrected chi connectivity index (χ1v) is 7.97. The minimum atomic E-state index is 0.667. The molecular formula is C15H24ClN3. The Bertz CT molecular complexity index is 383. The molecule has 0 saturated heterocycles. The van der Waals surface area contributed by atoms with E-state index in [1.807, 2.05) is 0 Å². The molecule has 1 heterocycles. The van der Waals surface area contributed by atoms with Gasteiger partial charge >= 0.3 is 0 Å². The predicted octanol–water partition coefficient (Wildman–Crippen LogP) is 3.89. The first kappa shape index (κ1) is 14.6. The molecular weight excluding hydrogens is 258 g/mol. The molecule has 19 heavy (non-hydrogen) atoms. The summed E-state index contributed by atoms with van der Waals surface area (Å²) in [5.41, 5.74) is 1.12. The van der Waals surface area contributed by atoms with E-state index in [2.05, 4.69) is 28.3 Å². The minimum absolute atomic E-state index is 0.667. The topological polar surface area (TPSA) is 37.8 Å². The van der Waals surface area contributed by atoms with Crippen LogP contribution in [0.25, 0.3) is 0 Å². The number of halogens is 1. The molecule has 2 rings (SSSR count). The zero-order valence-electron chi connectivity index (χ0n) is 11.7. The van der Waals surface area contributed by atoms with Crippen LogP contribution in [0.5, 0.6) is 0 Å². The molecule has 0 bridgehead atoms. The van der Waals surface area contributed by atoms with Gasteiger partial charge in [-0.3, -0.25) is 0 Å². The van der Waals surface area contributed by atoms with Crippen molar-refractivity contribution in [2.75, 3.05) is 17.7 Å². The number of alkyl halides is 1. The summed E-state index contributed by atoms with van der Waals surface area (Å²) < 4.78 is 0. The van der Waals surface area contributed by atoms with Gasteiger partial charge in [0, 0.05) is 24.2 Å². The maximum absolute atomic E-state index is 6.07. The van der Waals surface area contributed by atoms with Crippen LogP contribution in [0, 0.1) is 11.8 Å². The molecule has 0 radical (unpaired) electrons. The van der Waals surface area contributed by atoms with Crippen molar-refractivity contribution in [1.29, 1.82) is 0 Å². The Morgan fingerprint density at radius 2 is 2.05 bits per heavy atom. The van der Waals surface area contributed by atoms with Crippen molar-refractivity contribution in [1.82, 2.24) is 9.97 Å². The summed E-state index contributed by atoms with van der Waals surface area (Å²) in [5.74, 6) is 3.10. The van der Waals surface area contributed by atoms with Crippen molar-refractivity contribution >= 4 is 17.4 Å². The lowest BCUT2D eigenvalue weighted by Gasteiger charge is -2.30. The Morgan fingerprint density at radius 1 is 1.26 bits per heavy atom. The van der Waals surface area contributed by atoms with Crippen LogP contribution in [0.1, 0.15) is 44.7 Å². The lowest BCUT2D eigenvalue weighted by atomic mass is 9.80. The second kappa shape index (κ2) is 7.68. The molecule has 1 fully saturated rings. The first-order chi connectivity index (χ1) is 9.33. The van der Waals surface area contributed by atoms with Gasteiger partial charge < -0.3 is 5.32 Å². The predicted molar refractivity (Wildman–Crippen MR) is 80.7 cm³/mol. The van der Waals surface area contributed by atoms with E-state index in [4.69, 9.17) is 11.6 Å². The van der Waals surface area contributed by atoms with Gasteiger partial charge in [0.15, 0.2) is 0 Å². The average molecular weight is 282 g/mol. The van der Waals surface area contributed by atoms with Crippen LogP contribution in [-0.4, -0.2) is 22.4 Å². The fourth-order valence-electron chi connectivity index (χ4n) is 2.88. The van der Waals surface area contributed by atoms with Crippen LogP contribution in [-0.2, 0) is 6.42 Å². The molecule has 1 aliphatic carbocycles. The third kappa shape index (κ3) is 4.34. The summed E-state index contributed by atoms with van der Waals surface area (Å²) in [4.78, 5) is 8.58. The summed E-state index contributed by atoms with van der Waals surface area (Å²) in [7, 11) is 0. The van der Waals surface area contributed by atoms with Gasteiger partial charge in [-0.05, 0) is 31.1 Å². The highest BCUT2D eigenvalue weighted by Crippen LogP contribution is 2.30. The van der Waals surface area contributed by atoms with E-state index >= 15 is 0 Å². The highest BCUT2D eigenvalue weighted by Gasteiger charge is 2.24. The number of aryl methyl sites for hydroxylation is 1. The minimum Gasteiger partial charge on any atom is -0.370 e. The van der Waals surface area contributed by atoms with Gasteiger partial charge in [0.05, 0.1) is 0 Å². The zero-order chi connectivity index (χ0) is 13.5. The SMILES string of the molecule is CCCc1cc(NCC2CCCCC2CCl)ncn1. The second-order valence-electron chi connectivity index (χ2n) is 5.48. The number of hydrogen-bond acceptors (Lipinski definition) is 3. The Labute approximate surface area is 121 Å². The van der Waals surface area contributed by atoms with Gasteiger partial charge in [0.25, 0.3) is 0 Å². The second-order valence-corrected chi connectivity index (χ2v) is 5.79. The van der Waals surface area contributed by atoms with Crippen molar-refractivity contribution < 1.29 is 0 Å². The van der Waals surface area contributed by atoms with Gasteiger partial charge in [-0.25, -0.2) is 9.97 Å². The van der Waals surface area contributed by atoms with Crippen LogP contribution >= 0.6 is 11.6 Å². The lowest BCUT2D eigenvalue weighted by molar-refractivity contribution is 0.272. The largest absolute Gasteiger partial charge is 0.370 e. The number of nitrogens with zero attached hydrogens (tertiary/aromatic N) is 2. The smallest absolute Gasteiger partial charge is 0.129 e. The number of rotatable bonds is 6. The number of nitrogens with one attached hydrogen (secondary N) is 1. The molecule has 2 unspecified atom stereocenters. The molecule has 3 nitrogen and oxygen atoms in total. The van der Waals surface area contributed by atoms with Crippen molar-refractivity contribution in [3.05, 3.63) is 18.1 Å². The first-order valence-electron chi connectivity index (χ1n) is 7.44. The molecule has 1 saturated carbocycles. The van der Waals surface area contributed by atoms with Crippen molar-refractivity contribution in [2.45, 2.75) is 45.4 Å².